The zero-order valence-corrected chi connectivity index (χ0v) is 32.1. The molecule has 0 aliphatic carbocycles. The number of thioether (sulfide) groups is 1. The standard InChI is InChI=1S/C38H51N3O5S.2ClH/c1-28(2)38(37(27-42)39(3)31-14-8-10-16-36(31)47-38)30-13-7-9-15-32(30)46-24-12-11-18-40-20-22-41(23-21-40)19-17-29-25-34(44-5)35(45-6)26-33(29)43-4;;/h7-10,13-16,25-28,37H,11-12,17-24H2,1-6H3;2*1H. The molecule has 49 heavy (non-hydrogen) atoms. The number of methoxy groups -OCH3 is 3. The fourth-order valence-electron chi connectivity index (χ4n) is 7.03. The van der Waals surface area contributed by atoms with E-state index < -0.39 is 4.75 Å². The Morgan fingerprint density at radius 3 is 2.08 bits per heavy atom. The lowest BCUT2D eigenvalue weighted by atomic mass is 9.80. The summed E-state index contributed by atoms with van der Waals surface area (Å²) < 4.78 is 22.6. The van der Waals surface area contributed by atoms with Crippen molar-refractivity contribution in [3.05, 3.63) is 71.8 Å². The van der Waals surface area contributed by atoms with Gasteiger partial charge in [0.1, 0.15) is 23.8 Å². The SMILES string of the molecule is COc1cc(OC)c(OC)cc1CCN1CCN(CCCCOc2ccccc2C2(C(C)C)Sc3ccccc3N(C)C2C=O)CC1.Cl.Cl. The highest BCUT2D eigenvalue weighted by atomic mass is 35.5. The Kier molecular flexibility index (Phi) is 15.7. The summed E-state index contributed by atoms with van der Waals surface area (Å²) in [5.41, 5.74) is 3.33. The minimum absolute atomic E-state index is 0. The molecule has 0 aromatic heterocycles. The third-order valence-corrected chi connectivity index (χ3v) is 11.6. The molecule has 8 nitrogen and oxygen atoms in total. The third-order valence-electron chi connectivity index (χ3n) is 9.75. The average molecular weight is 735 g/mol. The maximum absolute atomic E-state index is 12.7. The monoisotopic (exact) mass is 733 g/mol. The fraction of sp³-hybridized carbons (Fsp3) is 0.500. The number of fused-ring (bicyclic) bond motifs is 1. The van der Waals surface area contributed by atoms with Crippen LogP contribution in [0.4, 0.5) is 5.69 Å². The van der Waals surface area contributed by atoms with Gasteiger partial charge in [-0.1, -0.05) is 44.2 Å². The number of ether oxygens (including phenoxy) is 4. The second kappa shape index (κ2) is 19.0. The Morgan fingerprint density at radius 2 is 1.43 bits per heavy atom. The van der Waals surface area contributed by atoms with Gasteiger partial charge in [-0.25, -0.2) is 0 Å². The third kappa shape index (κ3) is 8.92. The van der Waals surface area contributed by atoms with Gasteiger partial charge in [0.2, 0.25) is 0 Å². The molecule has 0 N–H and O–H groups in total. The molecule has 0 bridgehead atoms. The summed E-state index contributed by atoms with van der Waals surface area (Å²) in [6.07, 6.45) is 4.08. The van der Waals surface area contributed by atoms with Gasteiger partial charge in [0.25, 0.3) is 0 Å². The molecule has 270 valence electrons. The van der Waals surface area contributed by atoms with Crippen LogP contribution in [-0.4, -0.2) is 96.4 Å². The van der Waals surface area contributed by atoms with Crippen molar-refractivity contribution in [1.82, 2.24) is 9.80 Å². The molecule has 11 heteroatoms. The molecule has 2 aliphatic heterocycles. The summed E-state index contributed by atoms with van der Waals surface area (Å²) >= 11 is 1.81. The molecule has 5 rings (SSSR count). The molecule has 0 radical (unpaired) electrons. The summed E-state index contributed by atoms with van der Waals surface area (Å²) in [5, 5.41) is 0. The molecule has 0 saturated carbocycles. The molecule has 2 aliphatic rings. The van der Waals surface area contributed by atoms with Crippen LogP contribution in [-0.2, 0) is 16.0 Å². The van der Waals surface area contributed by atoms with Crippen LogP contribution in [0.3, 0.4) is 0 Å². The normalized spacial score (nSPS) is 19.3. The van der Waals surface area contributed by atoms with Crippen molar-refractivity contribution in [2.24, 2.45) is 5.92 Å². The van der Waals surface area contributed by atoms with Crippen molar-refractivity contribution in [1.29, 1.82) is 0 Å². The summed E-state index contributed by atoms with van der Waals surface area (Å²) in [6, 6.07) is 20.3. The molecule has 0 amide bonds. The quantitative estimate of drug-likeness (QED) is 0.119. The lowest BCUT2D eigenvalue weighted by Crippen LogP contribution is -2.54. The smallest absolute Gasteiger partial charge is 0.164 e. The van der Waals surface area contributed by atoms with Crippen molar-refractivity contribution < 1.29 is 23.7 Å². The number of benzene rings is 3. The predicted octanol–water partition coefficient (Wildman–Crippen LogP) is 7.24. The van der Waals surface area contributed by atoms with Crippen LogP contribution in [0.25, 0.3) is 0 Å². The molecular formula is C38H53Cl2N3O5S. The second-order valence-electron chi connectivity index (χ2n) is 12.7. The number of likely N-dealkylation sites (N-methyl/N-ethyl adjacent to an activating group) is 1. The number of nitrogens with zero attached hydrogens (tertiary/aromatic N) is 3. The topological polar surface area (TPSA) is 63.7 Å². The maximum Gasteiger partial charge on any atom is 0.164 e. The number of para-hydroxylation sites is 2. The van der Waals surface area contributed by atoms with Crippen molar-refractivity contribution in [2.45, 2.75) is 48.8 Å². The van der Waals surface area contributed by atoms with Crippen molar-refractivity contribution >= 4 is 48.5 Å². The zero-order valence-electron chi connectivity index (χ0n) is 29.7. The van der Waals surface area contributed by atoms with E-state index >= 15 is 0 Å². The molecule has 0 spiro atoms. The van der Waals surface area contributed by atoms with E-state index in [0.717, 1.165) is 98.9 Å². The number of hydrogen-bond donors (Lipinski definition) is 0. The van der Waals surface area contributed by atoms with Gasteiger partial charge in [-0.05, 0) is 61.6 Å². The number of piperazine rings is 1. The van der Waals surface area contributed by atoms with Gasteiger partial charge in [0, 0.05) is 56.3 Å². The summed E-state index contributed by atoms with van der Waals surface area (Å²) in [6.45, 7) is 11.4. The fourth-order valence-corrected chi connectivity index (χ4v) is 8.71. The van der Waals surface area contributed by atoms with Crippen LogP contribution in [0.2, 0.25) is 0 Å². The summed E-state index contributed by atoms with van der Waals surface area (Å²) in [5.74, 6) is 3.33. The Balaban J connectivity index is 0.00000325. The van der Waals surface area contributed by atoms with Gasteiger partial charge in [-0.3, -0.25) is 0 Å². The predicted molar refractivity (Wildman–Crippen MR) is 205 cm³/mol. The van der Waals surface area contributed by atoms with Crippen LogP contribution in [0.15, 0.2) is 65.6 Å². The van der Waals surface area contributed by atoms with E-state index in [1.165, 1.54) is 4.90 Å². The Bertz CT molecular complexity index is 1490. The van der Waals surface area contributed by atoms with E-state index in [1.54, 1.807) is 33.1 Å². The molecule has 2 unspecified atom stereocenters. The van der Waals surface area contributed by atoms with Gasteiger partial charge >= 0.3 is 0 Å². The van der Waals surface area contributed by atoms with Crippen LogP contribution in [0.1, 0.15) is 37.8 Å². The number of halogens is 2. The second-order valence-corrected chi connectivity index (χ2v) is 14.0. The highest BCUT2D eigenvalue weighted by molar-refractivity contribution is 8.00. The zero-order chi connectivity index (χ0) is 33.4. The van der Waals surface area contributed by atoms with Crippen LogP contribution in [0.5, 0.6) is 23.0 Å². The number of hydrogen-bond acceptors (Lipinski definition) is 9. The van der Waals surface area contributed by atoms with Crippen molar-refractivity contribution in [3.8, 4) is 23.0 Å². The number of carbonyl (C=O) groups is 1. The number of rotatable bonds is 15. The largest absolute Gasteiger partial charge is 0.496 e. The first-order valence-corrected chi connectivity index (χ1v) is 17.6. The van der Waals surface area contributed by atoms with Gasteiger partial charge in [-0.2, -0.15) is 0 Å². The van der Waals surface area contributed by atoms with Crippen LogP contribution < -0.4 is 23.8 Å². The maximum atomic E-state index is 12.7. The highest BCUT2D eigenvalue weighted by Gasteiger charge is 2.51. The van der Waals surface area contributed by atoms with E-state index in [0.29, 0.717) is 12.4 Å². The number of unbranched alkanes of at least 4 members (excludes halogenated alkanes) is 1. The molecule has 2 atom stereocenters. The number of carbonyl (C=O) groups excluding carboxylic acids is 1. The molecule has 3 aromatic carbocycles. The number of aldehydes is 1. The van der Waals surface area contributed by atoms with Crippen LogP contribution >= 0.6 is 36.6 Å². The summed E-state index contributed by atoms with van der Waals surface area (Å²) in [7, 11) is 7.05. The summed E-state index contributed by atoms with van der Waals surface area (Å²) in [4.78, 5) is 21.1. The number of anilines is 1. The van der Waals surface area contributed by atoms with Crippen molar-refractivity contribution in [2.75, 3.05) is 79.2 Å². The van der Waals surface area contributed by atoms with Gasteiger partial charge in [-0.15, -0.1) is 36.6 Å². The minimum Gasteiger partial charge on any atom is -0.496 e. The van der Waals surface area contributed by atoms with E-state index in [1.807, 2.05) is 31.3 Å². The van der Waals surface area contributed by atoms with Gasteiger partial charge < -0.3 is 38.4 Å². The molecule has 2 heterocycles. The Labute approximate surface area is 309 Å². The van der Waals surface area contributed by atoms with E-state index in [4.69, 9.17) is 18.9 Å². The first kappa shape index (κ1) is 40.6. The van der Waals surface area contributed by atoms with Crippen LogP contribution in [0, 0.1) is 5.92 Å². The van der Waals surface area contributed by atoms with E-state index in [2.05, 4.69) is 64.9 Å². The Hall–Kier alpha value is -2.82. The van der Waals surface area contributed by atoms with Gasteiger partial charge in [0.05, 0.1) is 38.4 Å². The van der Waals surface area contributed by atoms with E-state index in [9.17, 15) is 4.79 Å². The lowest BCUT2D eigenvalue weighted by Gasteiger charge is -2.50. The Morgan fingerprint density at radius 1 is 0.816 bits per heavy atom. The first-order valence-electron chi connectivity index (χ1n) is 16.8. The minimum atomic E-state index is -0.467. The average Bonchev–Trinajstić information content (AvgIpc) is 3.10. The first-order chi connectivity index (χ1) is 22.9. The molecular weight excluding hydrogens is 681 g/mol. The molecule has 1 saturated heterocycles. The molecule has 3 aromatic rings. The van der Waals surface area contributed by atoms with E-state index in [-0.39, 0.29) is 36.8 Å². The van der Waals surface area contributed by atoms with Crippen molar-refractivity contribution in [3.63, 3.8) is 0 Å². The lowest BCUT2D eigenvalue weighted by molar-refractivity contribution is -0.110. The van der Waals surface area contributed by atoms with Gasteiger partial charge in [0.15, 0.2) is 11.5 Å². The molecule has 1 fully saturated rings. The highest BCUT2D eigenvalue weighted by Crippen LogP contribution is 2.58.